The van der Waals surface area contributed by atoms with E-state index in [1.807, 2.05) is 0 Å². The van der Waals surface area contributed by atoms with E-state index in [-0.39, 0.29) is 0 Å². The minimum Gasteiger partial charge on any atom is -0.422 e. The maximum Gasteiger partial charge on any atom is 0.161 e. The lowest BCUT2D eigenvalue weighted by Crippen LogP contribution is -2.31. The summed E-state index contributed by atoms with van der Waals surface area (Å²) in [6, 6.07) is 1.35. The summed E-state index contributed by atoms with van der Waals surface area (Å²) in [5, 5.41) is 0. The Labute approximate surface area is 224 Å². The SMILES string of the molecule is CCCN(CC)CCCC(CCCN(CC)CCC)(CCCN(CC)CCC)CC[SiH2]OC(C)C. The van der Waals surface area contributed by atoms with Gasteiger partial charge in [-0.15, -0.1) is 0 Å². The first kappa shape index (κ1) is 35.1. The Balaban J connectivity index is 5.34. The van der Waals surface area contributed by atoms with E-state index in [1.165, 1.54) is 129 Å². The quantitative estimate of drug-likeness (QED) is 0.0932. The lowest BCUT2D eigenvalue weighted by atomic mass is 9.73. The van der Waals surface area contributed by atoms with E-state index >= 15 is 0 Å². The van der Waals surface area contributed by atoms with Crippen molar-refractivity contribution in [3.8, 4) is 0 Å². The number of rotatable bonds is 26. The second-order valence-electron chi connectivity index (χ2n) is 11.1. The molecule has 0 aliphatic carbocycles. The van der Waals surface area contributed by atoms with E-state index in [9.17, 15) is 0 Å². The smallest absolute Gasteiger partial charge is 0.161 e. The van der Waals surface area contributed by atoms with Gasteiger partial charge in [-0.25, -0.2) is 0 Å². The second kappa shape index (κ2) is 23.2. The van der Waals surface area contributed by atoms with Crippen LogP contribution in [0.5, 0.6) is 0 Å². The van der Waals surface area contributed by atoms with Crippen LogP contribution in [0.3, 0.4) is 0 Å². The van der Waals surface area contributed by atoms with Crippen molar-refractivity contribution in [3.05, 3.63) is 0 Å². The van der Waals surface area contributed by atoms with Gasteiger partial charge >= 0.3 is 0 Å². The summed E-state index contributed by atoms with van der Waals surface area (Å²) in [5.74, 6) is 0. The molecule has 0 aromatic rings. The highest BCUT2D eigenvalue weighted by molar-refractivity contribution is 6.27. The molecule has 0 aromatic heterocycles. The number of nitrogens with zero attached hydrogens (tertiary/aromatic N) is 3. The van der Waals surface area contributed by atoms with Crippen LogP contribution in [0.4, 0.5) is 0 Å². The number of hydrogen-bond donors (Lipinski definition) is 0. The van der Waals surface area contributed by atoms with E-state index in [2.05, 4.69) is 70.1 Å². The molecule has 0 aliphatic rings. The van der Waals surface area contributed by atoms with Crippen molar-refractivity contribution in [2.45, 2.75) is 132 Å². The fourth-order valence-corrected chi connectivity index (χ4v) is 7.31. The maximum atomic E-state index is 6.13. The Morgan fingerprint density at radius 2 is 0.943 bits per heavy atom. The average Bonchev–Trinajstić information content (AvgIpc) is 2.84. The van der Waals surface area contributed by atoms with Gasteiger partial charge in [-0.3, -0.25) is 0 Å². The van der Waals surface area contributed by atoms with Crippen molar-refractivity contribution in [1.82, 2.24) is 14.7 Å². The molecule has 4 nitrogen and oxygen atoms in total. The molecule has 35 heavy (non-hydrogen) atoms. The van der Waals surface area contributed by atoms with Crippen LogP contribution in [0, 0.1) is 5.41 Å². The molecule has 5 heteroatoms. The molecule has 0 amide bonds. The zero-order valence-electron chi connectivity index (χ0n) is 25.7. The third-order valence-corrected chi connectivity index (χ3v) is 9.35. The van der Waals surface area contributed by atoms with Crippen LogP contribution < -0.4 is 0 Å². The molecular weight excluding hydrogens is 446 g/mol. The van der Waals surface area contributed by atoms with Gasteiger partial charge in [0.25, 0.3) is 0 Å². The van der Waals surface area contributed by atoms with E-state index < -0.39 is 9.76 Å². The van der Waals surface area contributed by atoms with Crippen molar-refractivity contribution < 1.29 is 4.43 Å². The molecule has 0 bridgehead atoms. The molecule has 0 radical (unpaired) electrons. The third-order valence-electron chi connectivity index (χ3n) is 7.81. The van der Waals surface area contributed by atoms with Gasteiger partial charge in [0, 0.05) is 6.10 Å². The Hall–Kier alpha value is 0.0569. The fourth-order valence-electron chi connectivity index (χ4n) is 5.78. The minimum absolute atomic E-state index is 0.401. The van der Waals surface area contributed by atoms with Crippen LogP contribution in [0.25, 0.3) is 0 Å². The molecule has 0 rings (SSSR count). The van der Waals surface area contributed by atoms with Gasteiger partial charge in [-0.05, 0) is 148 Å². The summed E-state index contributed by atoms with van der Waals surface area (Å²) >= 11 is 0. The monoisotopic (exact) mass is 514 g/mol. The van der Waals surface area contributed by atoms with Crippen LogP contribution >= 0.6 is 0 Å². The molecule has 0 spiro atoms. The van der Waals surface area contributed by atoms with Gasteiger partial charge in [-0.1, -0.05) is 41.5 Å². The Kier molecular flexibility index (Phi) is 23.2. The summed E-state index contributed by atoms with van der Waals surface area (Å²) in [5.41, 5.74) is 0.510. The zero-order chi connectivity index (χ0) is 26.4. The lowest BCUT2D eigenvalue weighted by molar-refractivity contribution is 0.153. The van der Waals surface area contributed by atoms with Crippen LogP contribution in [0.15, 0.2) is 0 Å². The average molecular weight is 514 g/mol. The third kappa shape index (κ3) is 18.0. The van der Waals surface area contributed by atoms with Gasteiger partial charge < -0.3 is 19.1 Å². The summed E-state index contributed by atoms with van der Waals surface area (Å²) in [6.07, 6.45) is 13.9. The predicted molar refractivity (Wildman–Crippen MR) is 162 cm³/mol. The molecule has 0 N–H and O–H groups in total. The highest BCUT2D eigenvalue weighted by Crippen LogP contribution is 2.40. The lowest BCUT2D eigenvalue weighted by Gasteiger charge is -2.37. The summed E-state index contributed by atoms with van der Waals surface area (Å²) in [4.78, 5) is 8.00. The molecule has 212 valence electrons. The molecule has 0 atom stereocenters. The van der Waals surface area contributed by atoms with Crippen molar-refractivity contribution in [3.63, 3.8) is 0 Å². The van der Waals surface area contributed by atoms with Crippen LogP contribution in [0.1, 0.15) is 120 Å². The van der Waals surface area contributed by atoms with Crippen molar-refractivity contribution in [1.29, 1.82) is 0 Å². The van der Waals surface area contributed by atoms with E-state index in [1.54, 1.807) is 0 Å². The van der Waals surface area contributed by atoms with Crippen molar-refractivity contribution >= 4 is 9.76 Å². The van der Waals surface area contributed by atoms with Crippen LogP contribution in [-0.2, 0) is 4.43 Å². The predicted octanol–water partition coefficient (Wildman–Crippen LogP) is 6.83. The fraction of sp³-hybridized carbons (Fsp3) is 1.00. The Morgan fingerprint density at radius 1 is 0.571 bits per heavy atom. The van der Waals surface area contributed by atoms with Crippen LogP contribution in [-0.4, -0.2) is 89.5 Å². The standard InChI is InChI=1S/C30H67N3OSi/c1-9-22-31(12-4)25-15-18-30(21-28-35-34-29(7)8,19-16-26-32(13-5)23-10-2)20-17-27-33(14-6)24-11-3/h29H,9-28,35H2,1-8H3. The van der Waals surface area contributed by atoms with Gasteiger partial charge in [0.05, 0.1) is 0 Å². The first-order valence-electron chi connectivity index (χ1n) is 15.7. The normalized spacial score (nSPS) is 13.0. The first-order chi connectivity index (χ1) is 16.9. The zero-order valence-corrected chi connectivity index (χ0v) is 27.1. The minimum atomic E-state index is -0.401. The summed E-state index contributed by atoms with van der Waals surface area (Å²) < 4.78 is 6.13. The molecule has 0 saturated carbocycles. The molecule has 0 aromatic carbocycles. The molecule has 0 heterocycles. The Morgan fingerprint density at radius 3 is 1.23 bits per heavy atom. The summed E-state index contributed by atoms with van der Waals surface area (Å²) in [7, 11) is -0.401. The van der Waals surface area contributed by atoms with Crippen molar-refractivity contribution in [2.24, 2.45) is 5.41 Å². The molecule has 0 fully saturated rings. The first-order valence-corrected chi connectivity index (χ1v) is 17.3. The van der Waals surface area contributed by atoms with Crippen LogP contribution in [0.2, 0.25) is 6.04 Å². The van der Waals surface area contributed by atoms with E-state index in [0.717, 1.165) is 0 Å². The Bertz CT molecular complexity index is 399. The van der Waals surface area contributed by atoms with E-state index in [4.69, 9.17) is 4.43 Å². The molecule has 0 saturated heterocycles. The second-order valence-corrected chi connectivity index (χ2v) is 12.6. The summed E-state index contributed by atoms with van der Waals surface area (Å²) in [6.45, 7) is 29.5. The maximum absolute atomic E-state index is 6.13. The molecular formula is C30H67N3OSi. The molecule has 0 aliphatic heterocycles. The van der Waals surface area contributed by atoms with Crippen molar-refractivity contribution in [2.75, 3.05) is 58.9 Å². The highest BCUT2D eigenvalue weighted by Gasteiger charge is 2.29. The van der Waals surface area contributed by atoms with Gasteiger partial charge in [0.15, 0.2) is 9.76 Å². The highest BCUT2D eigenvalue weighted by atomic mass is 28.2. The van der Waals surface area contributed by atoms with E-state index in [0.29, 0.717) is 11.5 Å². The van der Waals surface area contributed by atoms with Gasteiger partial charge in [0.1, 0.15) is 0 Å². The molecule has 0 unspecified atom stereocenters. The number of hydrogen-bond acceptors (Lipinski definition) is 4. The largest absolute Gasteiger partial charge is 0.422 e. The van der Waals surface area contributed by atoms with Gasteiger partial charge in [-0.2, -0.15) is 0 Å². The topological polar surface area (TPSA) is 19.0 Å². The van der Waals surface area contributed by atoms with Gasteiger partial charge in [0.2, 0.25) is 0 Å².